The third kappa shape index (κ3) is 8.58. The van der Waals surface area contributed by atoms with E-state index in [1.54, 1.807) is 0 Å². The summed E-state index contributed by atoms with van der Waals surface area (Å²) >= 11 is 0. The molecule has 0 atom stereocenters. The van der Waals surface area contributed by atoms with Crippen molar-refractivity contribution < 1.29 is 29.3 Å². The summed E-state index contributed by atoms with van der Waals surface area (Å²) in [6.45, 7) is 7.97. The number of esters is 2. The maximum atomic E-state index is 11.9. The lowest BCUT2D eigenvalue weighted by Gasteiger charge is -2.29. The van der Waals surface area contributed by atoms with E-state index in [4.69, 9.17) is 19.7 Å². The Kier molecular flexibility index (Phi) is 11.8. The van der Waals surface area contributed by atoms with E-state index in [0.717, 1.165) is 17.9 Å². The van der Waals surface area contributed by atoms with Crippen LogP contribution in [-0.4, -0.2) is 48.6 Å². The van der Waals surface area contributed by atoms with Gasteiger partial charge in [0.25, 0.3) is 0 Å². The van der Waals surface area contributed by atoms with E-state index < -0.39 is 31.1 Å². The van der Waals surface area contributed by atoms with Gasteiger partial charge in [-0.3, -0.25) is 0 Å². The highest BCUT2D eigenvalue weighted by atomic mass is 16.5. The number of hydrogen-bond acceptors (Lipinski definition) is 6. The van der Waals surface area contributed by atoms with Crippen molar-refractivity contribution >= 4 is 11.9 Å². The zero-order valence-electron chi connectivity index (χ0n) is 20.2. The number of carbonyl (C=O) groups is 2. The summed E-state index contributed by atoms with van der Waals surface area (Å²) in [4.78, 5) is 23.9. The highest BCUT2D eigenvalue weighted by Crippen LogP contribution is 2.38. The van der Waals surface area contributed by atoms with Crippen LogP contribution in [0.4, 0.5) is 0 Å². The number of ether oxygens (including phenoxy) is 2. The van der Waals surface area contributed by atoms with Gasteiger partial charge in [-0.2, -0.15) is 0 Å². The number of aliphatic hydroxyl groups excluding tert-OH is 2. The first-order valence-electron chi connectivity index (χ1n) is 12.0. The number of hydrogen-bond donors (Lipinski definition) is 2. The fourth-order valence-corrected chi connectivity index (χ4v) is 4.25. The van der Waals surface area contributed by atoms with Gasteiger partial charge in [-0.15, -0.1) is 0 Å². The van der Waals surface area contributed by atoms with Crippen molar-refractivity contribution in [2.75, 3.05) is 26.4 Å². The van der Waals surface area contributed by atoms with Gasteiger partial charge in [0.15, 0.2) is 0 Å². The van der Waals surface area contributed by atoms with Crippen molar-refractivity contribution in [1.82, 2.24) is 0 Å². The molecular formula is C28H38O6. The second-order valence-electron chi connectivity index (χ2n) is 8.95. The van der Waals surface area contributed by atoms with Crippen LogP contribution < -0.4 is 0 Å². The van der Waals surface area contributed by atoms with Crippen molar-refractivity contribution in [1.29, 1.82) is 0 Å². The van der Waals surface area contributed by atoms with E-state index in [1.165, 1.54) is 37.7 Å². The van der Waals surface area contributed by atoms with Gasteiger partial charge in [0.1, 0.15) is 13.2 Å². The lowest BCUT2D eigenvalue weighted by Crippen LogP contribution is -2.21. The van der Waals surface area contributed by atoms with Gasteiger partial charge in [0.2, 0.25) is 0 Å². The number of benzene rings is 1. The Morgan fingerprint density at radius 1 is 0.971 bits per heavy atom. The van der Waals surface area contributed by atoms with Gasteiger partial charge >= 0.3 is 11.9 Å². The predicted molar refractivity (Wildman–Crippen MR) is 132 cm³/mol. The molecule has 1 aliphatic rings. The summed E-state index contributed by atoms with van der Waals surface area (Å²) in [5.41, 5.74) is 2.08. The molecule has 0 aliphatic heterocycles. The molecule has 1 fully saturated rings. The first-order chi connectivity index (χ1) is 16.4. The summed E-state index contributed by atoms with van der Waals surface area (Å²) < 4.78 is 10.5. The Balaban J connectivity index is 2.01. The standard InChI is InChI=1S/C28H38O6/c1-4-5-6-7-22-8-10-23(11-9-22)24-12-14-25(15-13-24)26(18-33-27(31)20(2)16-29)19-34-28(32)21(3)17-30/h4-5,12-15,22-23,26,29-30H,2-3,6-11,16-19H2,1H3/b5-4+. The minimum atomic E-state index is -0.693. The molecule has 0 amide bonds. The minimum Gasteiger partial charge on any atom is -0.461 e. The van der Waals surface area contributed by atoms with Crippen LogP contribution in [0.25, 0.3) is 0 Å². The second-order valence-corrected chi connectivity index (χ2v) is 8.95. The molecule has 1 aliphatic carbocycles. The van der Waals surface area contributed by atoms with Crippen molar-refractivity contribution in [3.63, 3.8) is 0 Å². The molecular weight excluding hydrogens is 432 g/mol. The van der Waals surface area contributed by atoms with Crippen LogP contribution in [0.5, 0.6) is 0 Å². The molecule has 1 saturated carbocycles. The summed E-state index contributed by atoms with van der Waals surface area (Å²) in [5.74, 6) is -0.435. The molecule has 0 aromatic heterocycles. The molecule has 2 N–H and O–H groups in total. The molecule has 0 spiro atoms. The van der Waals surface area contributed by atoms with Crippen molar-refractivity contribution in [2.24, 2.45) is 5.92 Å². The first-order valence-corrected chi connectivity index (χ1v) is 12.0. The molecule has 1 aromatic carbocycles. The van der Waals surface area contributed by atoms with E-state index >= 15 is 0 Å². The van der Waals surface area contributed by atoms with Crippen LogP contribution in [0.3, 0.4) is 0 Å². The van der Waals surface area contributed by atoms with Crippen LogP contribution in [0.2, 0.25) is 0 Å². The first kappa shape index (κ1) is 27.5. The maximum Gasteiger partial charge on any atom is 0.335 e. The number of rotatable bonds is 13. The van der Waals surface area contributed by atoms with E-state index in [0.29, 0.717) is 5.92 Å². The van der Waals surface area contributed by atoms with Crippen molar-refractivity contribution in [3.8, 4) is 0 Å². The third-order valence-electron chi connectivity index (χ3n) is 6.49. The van der Waals surface area contributed by atoms with Crippen molar-refractivity contribution in [3.05, 3.63) is 71.8 Å². The fourth-order valence-electron chi connectivity index (χ4n) is 4.25. The summed E-state index contributed by atoms with van der Waals surface area (Å²) in [5, 5.41) is 18.1. The SMILES string of the molecule is C=C(CO)C(=O)OCC(COC(=O)C(=C)CO)c1ccc(C2CCC(CC/C=C/C)CC2)cc1. The van der Waals surface area contributed by atoms with Crippen LogP contribution in [-0.2, 0) is 19.1 Å². The van der Waals surface area contributed by atoms with Crippen LogP contribution in [0, 0.1) is 5.92 Å². The lowest BCUT2D eigenvalue weighted by atomic mass is 9.77. The Morgan fingerprint density at radius 2 is 1.50 bits per heavy atom. The van der Waals surface area contributed by atoms with Crippen molar-refractivity contribution in [2.45, 2.75) is 57.3 Å². The molecule has 0 bridgehead atoms. The maximum absolute atomic E-state index is 11.9. The average molecular weight is 471 g/mol. The Hall–Kier alpha value is -2.70. The Bertz CT molecular complexity index is 814. The van der Waals surface area contributed by atoms with E-state index in [9.17, 15) is 9.59 Å². The lowest BCUT2D eigenvalue weighted by molar-refractivity contribution is -0.142. The molecule has 34 heavy (non-hydrogen) atoms. The normalized spacial score (nSPS) is 18.1. The monoisotopic (exact) mass is 470 g/mol. The van der Waals surface area contributed by atoms with E-state index in [1.807, 2.05) is 12.1 Å². The molecule has 6 nitrogen and oxygen atoms in total. The van der Waals surface area contributed by atoms with Gasteiger partial charge in [-0.1, -0.05) is 49.6 Å². The fraction of sp³-hybridized carbons (Fsp3) is 0.500. The van der Waals surface area contributed by atoms with Gasteiger partial charge in [0.05, 0.1) is 30.3 Å². The number of aliphatic hydroxyl groups is 2. The quantitative estimate of drug-likeness (QED) is 0.249. The summed E-state index contributed by atoms with van der Waals surface area (Å²) in [6.07, 6.45) is 11.7. The summed E-state index contributed by atoms with van der Waals surface area (Å²) in [6, 6.07) is 8.19. The highest BCUT2D eigenvalue weighted by Gasteiger charge is 2.23. The van der Waals surface area contributed by atoms with Crippen LogP contribution >= 0.6 is 0 Å². The van der Waals surface area contributed by atoms with Gasteiger partial charge < -0.3 is 19.7 Å². The molecule has 186 valence electrons. The molecule has 0 radical (unpaired) electrons. The Labute approximate surface area is 203 Å². The smallest absolute Gasteiger partial charge is 0.335 e. The predicted octanol–water partition coefficient (Wildman–Crippen LogP) is 4.58. The summed E-state index contributed by atoms with van der Waals surface area (Å²) in [7, 11) is 0. The van der Waals surface area contributed by atoms with Gasteiger partial charge in [0, 0.05) is 0 Å². The minimum absolute atomic E-state index is 0.0343. The van der Waals surface area contributed by atoms with Gasteiger partial charge in [-0.05, 0) is 68.4 Å². The molecule has 0 heterocycles. The number of allylic oxidation sites excluding steroid dienone is 2. The topological polar surface area (TPSA) is 93.1 Å². The van der Waals surface area contributed by atoms with E-state index in [-0.39, 0.29) is 24.4 Å². The molecule has 0 unspecified atom stereocenters. The number of carbonyl (C=O) groups excluding carboxylic acids is 2. The zero-order valence-corrected chi connectivity index (χ0v) is 20.2. The van der Waals surface area contributed by atoms with Crippen LogP contribution in [0.15, 0.2) is 60.7 Å². The molecule has 1 aromatic rings. The largest absolute Gasteiger partial charge is 0.461 e. The average Bonchev–Trinajstić information content (AvgIpc) is 2.88. The molecule has 2 rings (SSSR count). The zero-order chi connectivity index (χ0) is 24.9. The second kappa shape index (κ2) is 14.5. The van der Waals surface area contributed by atoms with Crippen LogP contribution in [0.1, 0.15) is 68.4 Å². The Morgan fingerprint density at radius 3 is 1.97 bits per heavy atom. The molecule has 6 heteroatoms. The van der Waals surface area contributed by atoms with Gasteiger partial charge in [-0.25, -0.2) is 9.59 Å². The molecule has 0 saturated heterocycles. The van der Waals surface area contributed by atoms with E-state index in [2.05, 4.69) is 44.4 Å². The highest BCUT2D eigenvalue weighted by molar-refractivity contribution is 5.88. The third-order valence-corrected chi connectivity index (χ3v) is 6.49.